The van der Waals surface area contributed by atoms with Crippen molar-refractivity contribution in [2.75, 3.05) is 13.1 Å². The molecule has 0 aliphatic carbocycles. The molecule has 2 N–H and O–H groups in total. The van der Waals surface area contributed by atoms with Gasteiger partial charge >= 0.3 is 0 Å². The first-order valence-electron chi connectivity index (χ1n) is 3.54. The van der Waals surface area contributed by atoms with Gasteiger partial charge in [-0.15, -0.1) is 0 Å². The van der Waals surface area contributed by atoms with Crippen molar-refractivity contribution < 1.29 is 0 Å². The van der Waals surface area contributed by atoms with Gasteiger partial charge in [0.15, 0.2) is 0 Å². The molecule has 0 radical (unpaired) electrons. The van der Waals surface area contributed by atoms with Crippen molar-refractivity contribution in [1.82, 2.24) is 10.6 Å². The average Bonchev–Trinajstić information content (AvgIpc) is 1.79. The zero-order valence-electron chi connectivity index (χ0n) is 6.78. The van der Waals surface area contributed by atoms with Crippen molar-refractivity contribution in [3.63, 3.8) is 0 Å². The fourth-order valence-electron chi connectivity index (χ4n) is 0.584. The van der Waals surface area contributed by atoms with Crippen LogP contribution < -0.4 is 10.6 Å². The highest BCUT2D eigenvalue weighted by atomic mass is 31.0. The SMILES string of the molecule is C=C(P)NCCNC(C)C. The van der Waals surface area contributed by atoms with Crippen LogP contribution in [0.5, 0.6) is 0 Å². The van der Waals surface area contributed by atoms with Gasteiger partial charge in [0.05, 0.1) is 0 Å². The molecule has 0 bridgehead atoms. The molecule has 10 heavy (non-hydrogen) atoms. The molecule has 0 spiro atoms. The van der Waals surface area contributed by atoms with Gasteiger partial charge in [-0.05, 0) is 0 Å². The predicted molar refractivity (Wildman–Crippen MR) is 50.0 cm³/mol. The highest BCUT2D eigenvalue weighted by Crippen LogP contribution is 1.91. The molecule has 2 nitrogen and oxygen atoms in total. The van der Waals surface area contributed by atoms with Gasteiger partial charge in [-0.3, -0.25) is 0 Å². The molecule has 60 valence electrons. The third-order valence-corrected chi connectivity index (χ3v) is 1.23. The third kappa shape index (κ3) is 7.93. The minimum absolute atomic E-state index is 0.569. The summed E-state index contributed by atoms with van der Waals surface area (Å²) in [6.07, 6.45) is 0. The Labute approximate surface area is 65.7 Å². The Morgan fingerprint density at radius 1 is 1.50 bits per heavy atom. The first kappa shape index (κ1) is 9.93. The number of nitrogens with one attached hydrogen (secondary N) is 2. The topological polar surface area (TPSA) is 24.1 Å². The summed E-state index contributed by atoms with van der Waals surface area (Å²) in [5, 5.41) is 6.39. The molecule has 0 aliphatic rings. The van der Waals surface area contributed by atoms with E-state index in [1.165, 1.54) is 0 Å². The number of hydrogen-bond donors (Lipinski definition) is 2. The normalized spacial score (nSPS) is 10.0. The van der Waals surface area contributed by atoms with Crippen molar-refractivity contribution in [2.45, 2.75) is 19.9 Å². The first-order chi connectivity index (χ1) is 4.63. The molecule has 0 saturated heterocycles. The van der Waals surface area contributed by atoms with Crippen molar-refractivity contribution in [3.8, 4) is 0 Å². The van der Waals surface area contributed by atoms with Crippen LogP contribution in [0.25, 0.3) is 0 Å². The summed E-state index contributed by atoms with van der Waals surface area (Å²) in [5.74, 6) is 0. The zero-order valence-corrected chi connectivity index (χ0v) is 7.93. The largest absolute Gasteiger partial charge is 0.384 e. The molecule has 3 heteroatoms. The summed E-state index contributed by atoms with van der Waals surface area (Å²) in [5.41, 5.74) is 0.950. The van der Waals surface area contributed by atoms with Crippen LogP contribution in [-0.2, 0) is 0 Å². The van der Waals surface area contributed by atoms with E-state index in [0.29, 0.717) is 6.04 Å². The Morgan fingerprint density at radius 2 is 2.10 bits per heavy atom. The van der Waals surface area contributed by atoms with E-state index in [1.807, 2.05) is 0 Å². The maximum Gasteiger partial charge on any atom is 0.0272 e. The van der Waals surface area contributed by atoms with Crippen molar-refractivity contribution in [3.05, 3.63) is 12.0 Å². The molecule has 0 amide bonds. The maximum absolute atomic E-state index is 3.70. The second-order valence-corrected chi connectivity index (χ2v) is 3.26. The van der Waals surface area contributed by atoms with E-state index in [2.05, 4.69) is 40.3 Å². The van der Waals surface area contributed by atoms with Crippen LogP contribution in [0, 0.1) is 0 Å². The summed E-state index contributed by atoms with van der Waals surface area (Å²) >= 11 is 0. The van der Waals surface area contributed by atoms with E-state index in [1.54, 1.807) is 0 Å². The molecule has 0 aromatic carbocycles. The van der Waals surface area contributed by atoms with Crippen molar-refractivity contribution >= 4 is 9.24 Å². The summed E-state index contributed by atoms with van der Waals surface area (Å²) in [7, 11) is 2.52. The second-order valence-electron chi connectivity index (χ2n) is 2.56. The Balaban J connectivity index is 2.98. The van der Waals surface area contributed by atoms with Crippen LogP contribution in [0.4, 0.5) is 0 Å². The van der Waals surface area contributed by atoms with Crippen LogP contribution in [0.3, 0.4) is 0 Å². The van der Waals surface area contributed by atoms with Crippen LogP contribution in [-0.4, -0.2) is 19.1 Å². The first-order valence-corrected chi connectivity index (χ1v) is 4.12. The van der Waals surface area contributed by atoms with E-state index in [-0.39, 0.29) is 0 Å². The van der Waals surface area contributed by atoms with Gasteiger partial charge in [-0.25, -0.2) is 0 Å². The lowest BCUT2D eigenvalue weighted by Gasteiger charge is -2.08. The predicted octanol–water partition coefficient (Wildman–Crippen LogP) is 0.920. The van der Waals surface area contributed by atoms with Crippen LogP contribution in [0.15, 0.2) is 12.0 Å². The fraction of sp³-hybridized carbons (Fsp3) is 0.714. The minimum Gasteiger partial charge on any atom is -0.384 e. The lowest BCUT2D eigenvalue weighted by Crippen LogP contribution is -2.30. The monoisotopic (exact) mass is 160 g/mol. The van der Waals surface area contributed by atoms with E-state index < -0.39 is 0 Å². The van der Waals surface area contributed by atoms with Crippen molar-refractivity contribution in [1.29, 1.82) is 0 Å². The molecule has 1 unspecified atom stereocenters. The maximum atomic E-state index is 3.70. The van der Waals surface area contributed by atoms with Crippen molar-refractivity contribution in [2.24, 2.45) is 0 Å². The highest BCUT2D eigenvalue weighted by Gasteiger charge is 1.89. The Hall–Kier alpha value is -0.0700. The van der Waals surface area contributed by atoms with Crippen LogP contribution >= 0.6 is 9.24 Å². The molecular formula is C7H17N2P. The van der Waals surface area contributed by atoms with E-state index in [4.69, 9.17) is 0 Å². The van der Waals surface area contributed by atoms with Gasteiger partial charge in [0.25, 0.3) is 0 Å². The van der Waals surface area contributed by atoms with E-state index in [0.717, 1.165) is 18.5 Å². The molecule has 0 aromatic heterocycles. The highest BCUT2D eigenvalue weighted by molar-refractivity contribution is 7.22. The van der Waals surface area contributed by atoms with Crippen LogP contribution in [0.1, 0.15) is 13.8 Å². The van der Waals surface area contributed by atoms with Gasteiger partial charge < -0.3 is 10.6 Å². The molecule has 0 rings (SSSR count). The summed E-state index contributed by atoms with van der Waals surface area (Å²) in [6, 6.07) is 0.569. The average molecular weight is 160 g/mol. The number of hydrogen-bond acceptors (Lipinski definition) is 2. The Bertz CT molecular complexity index is 102. The smallest absolute Gasteiger partial charge is 0.0272 e. The molecule has 0 fully saturated rings. The minimum atomic E-state index is 0.569. The lowest BCUT2D eigenvalue weighted by molar-refractivity contribution is 0.579. The third-order valence-electron chi connectivity index (χ3n) is 1.03. The zero-order chi connectivity index (χ0) is 7.98. The lowest BCUT2D eigenvalue weighted by atomic mass is 10.4. The summed E-state index contributed by atoms with van der Waals surface area (Å²) in [6.45, 7) is 9.90. The quantitative estimate of drug-likeness (QED) is 0.461. The van der Waals surface area contributed by atoms with Gasteiger partial charge in [-0.2, -0.15) is 0 Å². The van der Waals surface area contributed by atoms with Gasteiger partial charge in [0.2, 0.25) is 0 Å². The van der Waals surface area contributed by atoms with Crippen LogP contribution in [0.2, 0.25) is 0 Å². The molecule has 1 atom stereocenters. The Morgan fingerprint density at radius 3 is 2.50 bits per heavy atom. The fourth-order valence-corrected chi connectivity index (χ4v) is 0.728. The summed E-state index contributed by atoms with van der Waals surface area (Å²) in [4.78, 5) is 0. The molecular weight excluding hydrogens is 143 g/mol. The van der Waals surface area contributed by atoms with E-state index in [9.17, 15) is 0 Å². The molecule has 0 aliphatic heterocycles. The second kappa shape index (κ2) is 5.70. The van der Waals surface area contributed by atoms with Gasteiger partial charge in [0, 0.05) is 24.6 Å². The van der Waals surface area contributed by atoms with Gasteiger partial charge in [0.1, 0.15) is 0 Å². The number of rotatable bonds is 5. The Kier molecular flexibility index (Phi) is 5.66. The molecule has 0 heterocycles. The standard InChI is InChI=1S/C7H17N2P/c1-6(2)8-4-5-9-7(3)10/h6,8-9H,3-5,10H2,1-2H3. The van der Waals surface area contributed by atoms with Gasteiger partial charge in [-0.1, -0.05) is 29.7 Å². The summed E-state index contributed by atoms with van der Waals surface area (Å²) < 4.78 is 0. The molecule has 0 aromatic rings. The molecule has 0 saturated carbocycles. The van der Waals surface area contributed by atoms with E-state index >= 15 is 0 Å².